The van der Waals surface area contributed by atoms with Crippen LogP contribution < -0.4 is 10.1 Å². The monoisotopic (exact) mass is 426 g/mol. The zero-order valence-corrected chi connectivity index (χ0v) is 17.5. The topological polar surface area (TPSA) is 88.4 Å². The molecule has 0 radical (unpaired) electrons. The van der Waals surface area contributed by atoms with Gasteiger partial charge in [-0.15, -0.1) is 0 Å². The Labute approximate surface area is 186 Å². The SMILES string of the molecule is COc1ccc(/C=C(\C#N)C(=O)OCC(=O)NC(c2ccccc2)c2ccccc2)cc1. The lowest BCUT2D eigenvalue weighted by Gasteiger charge is -2.19. The van der Waals surface area contributed by atoms with Gasteiger partial charge in [0.05, 0.1) is 13.2 Å². The molecule has 0 aliphatic carbocycles. The van der Waals surface area contributed by atoms with Crippen LogP contribution in [0.3, 0.4) is 0 Å². The first-order valence-corrected chi connectivity index (χ1v) is 9.93. The summed E-state index contributed by atoms with van der Waals surface area (Å²) >= 11 is 0. The number of amides is 1. The first kappa shape index (κ1) is 22.3. The maximum absolute atomic E-state index is 12.5. The molecule has 1 amide bonds. The van der Waals surface area contributed by atoms with Gasteiger partial charge in [0.2, 0.25) is 0 Å². The number of esters is 1. The van der Waals surface area contributed by atoms with Crippen molar-refractivity contribution in [3.63, 3.8) is 0 Å². The van der Waals surface area contributed by atoms with Crippen molar-refractivity contribution >= 4 is 18.0 Å². The lowest BCUT2D eigenvalue weighted by molar-refractivity contribution is -0.144. The van der Waals surface area contributed by atoms with Crippen LogP contribution in [0.5, 0.6) is 5.75 Å². The van der Waals surface area contributed by atoms with Crippen molar-refractivity contribution < 1.29 is 19.1 Å². The summed E-state index contributed by atoms with van der Waals surface area (Å²) in [6.07, 6.45) is 1.40. The number of benzene rings is 3. The molecule has 3 rings (SSSR count). The molecule has 6 nitrogen and oxygen atoms in total. The molecule has 32 heavy (non-hydrogen) atoms. The minimum Gasteiger partial charge on any atom is -0.497 e. The van der Waals surface area contributed by atoms with E-state index in [0.717, 1.165) is 11.1 Å². The molecule has 0 aliphatic heterocycles. The highest BCUT2D eigenvalue weighted by molar-refractivity contribution is 5.98. The Morgan fingerprint density at radius 3 is 2.00 bits per heavy atom. The molecule has 0 spiro atoms. The molecular weight excluding hydrogens is 404 g/mol. The number of hydrogen-bond acceptors (Lipinski definition) is 5. The highest BCUT2D eigenvalue weighted by Gasteiger charge is 2.18. The quantitative estimate of drug-likeness (QED) is 0.333. The summed E-state index contributed by atoms with van der Waals surface area (Å²) in [4.78, 5) is 24.9. The van der Waals surface area contributed by atoms with Gasteiger partial charge in [0, 0.05) is 0 Å². The van der Waals surface area contributed by atoms with Gasteiger partial charge in [0.1, 0.15) is 17.4 Å². The molecule has 0 saturated heterocycles. The summed E-state index contributed by atoms with van der Waals surface area (Å²) in [5.41, 5.74) is 2.23. The van der Waals surface area contributed by atoms with Crippen molar-refractivity contribution in [3.05, 3.63) is 107 Å². The van der Waals surface area contributed by atoms with Crippen LogP contribution >= 0.6 is 0 Å². The van der Waals surface area contributed by atoms with Gasteiger partial charge in [-0.1, -0.05) is 72.8 Å². The van der Waals surface area contributed by atoms with Crippen LogP contribution in [0, 0.1) is 11.3 Å². The van der Waals surface area contributed by atoms with Gasteiger partial charge in [0.25, 0.3) is 5.91 Å². The zero-order valence-electron chi connectivity index (χ0n) is 17.5. The standard InChI is InChI=1S/C26H22N2O4/c1-31-23-14-12-19(13-15-23)16-22(17-27)26(30)32-18-24(29)28-25(20-8-4-2-5-9-20)21-10-6-3-7-11-21/h2-16,25H,18H2,1H3,(H,28,29)/b22-16+. The van der Waals surface area contributed by atoms with E-state index in [1.807, 2.05) is 66.7 Å². The Kier molecular flexibility index (Phi) is 7.77. The van der Waals surface area contributed by atoms with Crippen molar-refractivity contribution in [1.82, 2.24) is 5.32 Å². The Morgan fingerprint density at radius 2 is 1.50 bits per heavy atom. The van der Waals surface area contributed by atoms with Gasteiger partial charge in [-0.3, -0.25) is 4.79 Å². The van der Waals surface area contributed by atoms with Gasteiger partial charge in [-0.25, -0.2) is 4.79 Å². The van der Waals surface area contributed by atoms with Crippen LogP contribution in [0.2, 0.25) is 0 Å². The molecule has 0 atom stereocenters. The third-order valence-electron chi connectivity index (χ3n) is 4.67. The Balaban J connectivity index is 1.65. The van der Waals surface area contributed by atoms with Crippen LogP contribution in [0.4, 0.5) is 0 Å². The van der Waals surface area contributed by atoms with E-state index < -0.39 is 24.5 Å². The minimum absolute atomic E-state index is 0.203. The Morgan fingerprint density at radius 1 is 0.938 bits per heavy atom. The number of methoxy groups -OCH3 is 1. The maximum Gasteiger partial charge on any atom is 0.349 e. The van der Waals surface area contributed by atoms with E-state index in [-0.39, 0.29) is 5.57 Å². The summed E-state index contributed by atoms with van der Waals surface area (Å²) in [5, 5.41) is 12.2. The number of hydrogen-bond donors (Lipinski definition) is 1. The van der Waals surface area contributed by atoms with Crippen molar-refractivity contribution in [3.8, 4) is 11.8 Å². The molecule has 3 aromatic rings. The molecular formula is C26H22N2O4. The van der Waals surface area contributed by atoms with Gasteiger partial charge in [-0.05, 0) is 34.9 Å². The van der Waals surface area contributed by atoms with Crippen LogP contribution in [0.1, 0.15) is 22.7 Å². The van der Waals surface area contributed by atoms with Crippen LogP contribution in [-0.2, 0) is 14.3 Å². The van der Waals surface area contributed by atoms with E-state index in [0.29, 0.717) is 11.3 Å². The first-order chi connectivity index (χ1) is 15.6. The summed E-state index contributed by atoms with van der Waals surface area (Å²) in [5.74, 6) is -0.682. The average Bonchev–Trinajstić information content (AvgIpc) is 2.85. The van der Waals surface area contributed by atoms with E-state index >= 15 is 0 Å². The second-order valence-electron chi connectivity index (χ2n) is 6.84. The average molecular weight is 426 g/mol. The Hall–Kier alpha value is -4.37. The highest BCUT2D eigenvalue weighted by Crippen LogP contribution is 2.21. The largest absolute Gasteiger partial charge is 0.497 e. The first-order valence-electron chi connectivity index (χ1n) is 9.93. The number of nitriles is 1. The minimum atomic E-state index is -0.866. The molecule has 0 bridgehead atoms. The molecule has 0 heterocycles. The van der Waals surface area contributed by atoms with Crippen molar-refractivity contribution in [2.75, 3.05) is 13.7 Å². The van der Waals surface area contributed by atoms with Crippen LogP contribution in [-0.4, -0.2) is 25.6 Å². The summed E-state index contributed by atoms with van der Waals surface area (Å²) in [7, 11) is 1.55. The number of ether oxygens (including phenoxy) is 2. The molecule has 160 valence electrons. The third kappa shape index (κ3) is 6.07. The molecule has 0 aliphatic rings. The molecule has 3 aromatic carbocycles. The molecule has 0 aromatic heterocycles. The van der Waals surface area contributed by atoms with E-state index in [1.54, 1.807) is 31.4 Å². The van der Waals surface area contributed by atoms with Crippen LogP contribution in [0.25, 0.3) is 6.08 Å². The van der Waals surface area contributed by atoms with Crippen molar-refractivity contribution in [2.24, 2.45) is 0 Å². The summed E-state index contributed by atoms with van der Waals surface area (Å²) in [6.45, 7) is -0.503. The number of nitrogens with one attached hydrogen (secondary N) is 1. The molecule has 6 heteroatoms. The predicted molar refractivity (Wildman–Crippen MR) is 120 cm³/mol. The van der Waals surface area contributed by atoms with E-state index in [1.165, 1.54) is 6.08 Å². The van der Waals surface area contributed by atoms with Gasteiger partial charge < -0.3 is 14.8 Å². The fourth-order valence-corrected chi connectivity index (χ4v) is 3.07. The molecule has 0 fully saturated rings. The predicted octanol–water partition coefficient (Wildman–Crippen LogP) is 4.05. The number of rotatable bonds is 8. The maximum atomic E-state index is 12.5. The van der Waals surface area contributed by atoms with Crippen LogP contribution in [0.15, 0.2) is 90.5 Å². The van der Waals surface area contributed by atoms with E-state index in [9.17, 15) is 14.9 Å². The second-order valence-corrected chi connectivity index (χ2v) is 6.84. The normalized spacial score (nSPS) is 10.8. The van der Waals surface area contributed by atoms with Gasteiger partial charge in [-0.2, -0.15) is 5.26 Å². The highest BCUT2D eigenvalue weighted by atomic mass is 16.5. The second kappa shape index (κ2) is 11.1. The molecule has 0 unspecified atom stereocenters. The smallest absolute Gasteiger partial charge is 0.349 e. The lowest BCUT2D eigenvalue weighted by Crippen LogP contribution is -2.33. The number of nitrogens with zero attached hydrogens (tertiary/aromatic N) is 1. The van der Waals surface area contributed by atoms with E-state index in [4.69, 9.17) is 9.47 Å². The lowest BCUT2D eigenvalue weighted by atomic mass is 9.99. The zero-order chi connectivity index (χ0) is 22.8. The number of carbonyl (C=O) groups is 2. The summed E-state index contributed by atoms with van der Waals surface area (Å²) in [6, 6.07) is 27.3. The third-order valence-corrected chi connectivity index (χ3v) is 4.67. The fourth-order valence-electron chi connectivity index (χ4n) is 3.07. The van der Waals surface area contributed by atoms with Gasteiger partial charge >= 0.3 is 5.97 Å². The number of carbonyl (C=O) groups excluding carboxylic acids is 2. The summed E-state index contributed by atoms with van der Waals surface area (Å²) < 4.78 is 10.2. The van der Waals surface area contributed by atoms with Gasteiger partial charge in [0.15, 0.2) is 6.61 Å². The Bertz CT molecular complexity index is 1080. The molecule has 1 N–H and O–H groups in total. The van der Waals surface area contributed by atoms with Crippen molar-refractivity contribution in [1.29, 1.82) is 5.26 Å². The van der Waals surface area contributed by atoms with Crippen molar-refractivity contribution in [2.45, 2.75) is 6.04 Å². The molecule has 0 saturated carbocycles. The van der Waals surface area contributed by atoms with E-state index in [2.05, 4.69) is 5.32 Å². The fraction of sp³-hybridized carbons (Fsp3) is 0.115.